The van der Waals surface area contributed by atoms with Gasteiger partial charge in [-0.2, -0.15) is 0 Å². The number of aromatic amines is 1. The number of hydrogen-bond acceptors (Lipinski definition) is 6. The van der Waals surface area contributed by atoms with Crippen molar-refractivity contribution in [2.45, 2.75) is 13.1 Å². The number of carbonyl (C=O) groups is 1. The molecule has 2 N–H and O–H groups in total. The fourth-order valence-electron chi connectivity index (χ4n) is 3.51. The molecule has 2 aromatic carbocycles. The van der Waals surface area contributed by atoms with Gasteiger partial charge in [-0.15, -0.1) is 0 Å². The van der Waals surface area contributed by atoms with Crippen LogP contribution in [-0.2, 0) is 17.8 Å². The molecule has 2 aromatic heterocycles. The Morgan fingerprint density at radius 1 is 1.14 bits per heavy atom. The van der Waals surface area contributed by atoms with Crippen LogP contribution in [0.15, 0.2) is 48.8 Å². The van der Waals surface area contributed by atoms with Gasteiger partial charge >= 0.3 is 5.97 Å². The number of ether oxygens (including phenoxy) is 1. The fraction of sp³-hybridized carbons (Fsp3) is 0.227. The van der Waals surface area contributed by atoms with Crippen LogP contribution in [0, 0.1) is 0 Å². The van der Waals surface area contributed by atoms with Crippen LogP contribution < -0.4 is 5.32 Å². The largest absolute Gasteiger partial charge is 0.465 e. The molecule has 4 rings (SSSR count). The molecule has 2 heterocycles. The minimum atomic E-state index is -0.368. The van der Waals surface area contributed by atoms with Gasteiger partial charge in [0.05, 0.1) is 18.1 Å². The maximum atomic E-state index is 11.8. The molecule has 0 radical (unpaired) electrons. The molecule has 4 aromatic rings. The zero-order valence-corrected chi connectivity index (χ0v) is 16.7. The molecule has 0 aliphatic rings. The Hall–Kier alpha value is -3.45. The van der Waals surface area contributed by atoms with E-state index >= 15 is 0 Å². The molecule has 0 atom stereocenters. The average Bonchev–Trinajstić information content (AvgIpc) is 3.10. The van der Waals surface area contributed by atoms with E-state index in [2.05, 4.69) is 57.5 Å². The topological polar surface area (TPSA) is 83.1 Å². The summed E-state index contributed by atoms with van der Waals surface area (Å²) >= 11 is 0. The molecule has 0 aliphatic carbocycles. The molecule has 0 saturated heterocycles. The standard InChI is InChI=1S/C22H23N5O2/c1-27(2)12-16-7-5-4-6-15(16)11-23-20-19-17-9-8-14(22(28)29-3)10-18(17)26-21(19)25-13-24-20/h4-10,13H,11-12H2,1-3H3,(H2,23,24,25,26). The highest BCUT2D eigenvalue weighted by molar-refractivity contribution is 6.12. The Bertz CT molecular complexity index is 1180. The van der Waals surface area contributed by atoms with Crippen LogP contribution in [0.1, 0.15) is 21.5 Å². The van der Waals surface area contributed by atoms with Crippen LogP contribution in [0.3, 0.4) is 0 Å². The summed E-state index contributed by atoms with van der Waals surface area (Å²) < 4.78 is 4.81. The first-order chi connectivity index (χ1) is 14.1. The highest BCUT2D eigenvalue weighted by atomic mass is 16.5. The molecule has 0 amide bonds. The average molecular weight is 389 g/mol. The highest BCUT2D eigenvalue weighted by Gasteiger charge is 2.14. The van der Waals surface area contributed by atoms with Crippen LogP contribution in [0.25, 0.3) is 21.9 Å². The van der Waals surface area contributed by atoms with E-state index in [1.54, 1.807) is 12.1 Å². The minimum absolute atomic E-state index is 0.368. The number of methoxy groups -OCH3 is 1. The van der Waals surface area contributed by atoms with Crippen LogP contribution in [0.2, 0.25) is 0 Å². The second-order valence-corrected chi connectivity index (χ2v) is 7.18. The van der Waals surface area contributed by atoms with Gasteiger partial charge in [-0.1, -0.05) is 30.3 Å². The summed E-state index contributed by atoms with van der Waals surface area (Å²) in [6, 6.07) is 13.8. The van der Waals surface area contributed by atoms with Crippen molar-refractivity contribution in [3.63, 3.8) is 0 Å². The lowest BCUT2D eigenvalue weighted by Crippen LogP contribution is -2.13. The van der Waals surface area contributed by atoms with Crippen molar-refractivity contribution in [1.29, 1.82) is 0 Å². The number of H-pyrrole nitrogens is 1. The predicted octanol–water partition coefficient (Wildman–Crippen LogP) is 3.57. The van der Waals surface area contributed by atoms with Gasteiger partial charge in [-0.3, -0.25) is 0 Å². The summed E-state index contributed by atoms with van der Waals surface area (Å²) in [5.41, 5.74) is 4.53. The van der Waals surface area contributed by atoms with Crippen LogP contribution >= 0.6 is 0 Å². The van der Waals surface area contributed by atoms with Crippen LogP contribution in [-0.4, -0.2) is 47.0 Å². The van der Waals surface area contributed by atoms with E-state index in [1.165, 1.54) is 24.6 Å². The highest BCUT2D eigenvalue weighted by Crippen LogP contribution is 2.30. The summed E-state index contributed by atoms with van der Waals surface area (Å²) in [5, 5.41) is 5.33. The molecule has 0 spiro atoms. The van der Waals surface area contributed by atoms with Crippen LogP contribution in [0.5, 0.6) is 0 Å². The number of rotatable bonds is 6. The second-order valence-electron chi connectivity index (χ2n) is 7.18. The number of anilines is 1. The molecular formula is C22H23N5O2. The maximum absolute atomic E-state index is 11.8. The fourth-order valence-corrected chi connectivity index (χ4v) is 3.51. The second kappa shape index (κ2) is 7.89. The van der Waals surface area contributed by atoms with Gasteiger partial charge in [0, 0.05) is 24.0 Å². The normalized spacial score (nSPS) is 11.3. The molecule has 0 unspecified atom stereocenters. The van der Waals surface area contributed by atoms with Gasteiger partial charge in [0.25, 0.3) is 0 Å². The van der Waals surface area contributed by atoms with Crippen molar-refractivity contribution in [3.8, 4) is 0 Å². The third kappa shape index (κ3) is 3.77. The molecule has 0 aliphatic heterocycles. The van der Waals surface area contributed by atoms with Crippen molar-refractivity contribution in [3.05, 3.63) is 65.5 Å². The van der Waals surface area contributed by atoms with E-state index in [-0.39, 0.29) is 5.97 Å². The maximum Gasteiger partial charge on any atom is 0.337 e. The lowest BCUT2D eigenvalue weighted by Gasteiger charge is -2.15. The lowest BCUT2D eigenvalue weighted by molar-refractivity contribution is 0.0601. The third-order valence-electron chi connectivity index (χ3n) is 4.86. The quantitative estimate of drug-likeness (QED) is 0.491. The zero-order chi connectivity index (χ0) is 20.4. The monoisotopic (exact) mass is 389 g/mol. The number of fused-ring (bicyclic) bond motifs is 3. The summed E-state index contributed by atoms with van der Waals surface area (Å²) in [4.78, 5) is 26.1. The first kappa shape index (κ1) is 18.9. The number of benzene rings is 2. The minimum Gasteiger partial charge on any atom is -0.465 e. The zero-order valence-electron chi connectivity index (χ0n) is 16.7. The van der Waals surface area contributed by atoms with Gasteiger partial charge in [0.1, 0.15) is 17.8 Å². The Kier molecular flexibility index (Phi) is 5.14. The molecule has 148 valence electrons. The Morgan fingerprint density at radius 2 is 1.93 bits per heavy atom. The van der Waals surface area contributed by atoms with E-state index in [0.29, 0.717) is 12.1 Å². The van der Waals surface area contributed by atoms with Gasteiger partial charge in [-0.05, 0) is 37.4 Å². The van der Waals surface area contributed by atoms with E-state index in [4.69, 9.17) is 4.74 Å². The van der Waals surface area contributed by atoms with E-state index in [1.807, 2.05) is 12.1 Å². The molecular weight excluding hydrogens is 366 g/mol. The van der Waals surface area contributed by atoms with Crippen molar-refractivity contribution >= 4 is 33.7 Å². The third-order valence-corrected chi connectivity index (χ3v) is 4.86. The number of aromatic nitrogens is 3. The number of hydrogen-bond donors (Lipinski definition) is 2. The molecule has 29 heavy (non-hydrogen) atoms. The Labute approximate surface area is 168 Å². The van der Waals surface area contributed by atoms with Crippen molar-refractivity contribution in [2.75, 3.05) is 26.5 Å². The van der Waals surface area contributed by atoms with Crippen molar-refractivity contribution < 1.29 is 9.53 Å². The number of nitrogens with one attached hydrogen (secondary N) is 2. The molecule has 0 saturated carbocycles. The van der Waals surface area contributed by atoms with E-state index in [0.717, 1.165) is 34.3 Å². The number of nitrogens with zero attached hydrogens (tertiary/aromatic N) is 3. The summed E-state index contributed by atoms with van der Waals surface area (Å²) in [7, 11) is 5.50. The van der Waals surface area contributed by atoms with E-state index in [9.17, 15) is 4.79 Å². The summed E-state index contributed by atoms with van der Waals surface area (Å²) in [6.07, 6.45) is 1.53. The predicted molar refractivity (Wildman–Crippen MR) is 114 cm³/mol. The SMILES string of the molecule is COC(=O)c1ccc2c(c1)[nH]c1ncnc(NCc3ccccc3CN(C)C)c12. The first-order valence-electron chi connectivity index (χ1n) is 9.37. The van der Waals surface area contributed by atoms with Gasteiger partial charge in [-0.25, -0.2) is 14.8 Å². The lowest BCUT2D eigenvalue weighted by atomic mass is 10.1. The summed E-state index contributed by atoms with van der Waals surface area (Å²) in [5.74, 6) is 0.388. The molecule has 7 nitrogen and oxygen atoms in total. The van der Waals surface area contributed by atoms with E-state index < -0.39 is 0 Å². The van der Waals surface area contributed by atoms with Crippen molar-refractivity contribution in [1.82, 2.24) is 19.9 Å². The number of esters is 1. The van der Waals surface area contributed by atoms with Crippen molar-refractivity contribution in [2.24, 2.45) is 0 Å². The van der Waals surface area contributed by atoms with Gasteiger partial charge in [0.2, 0.25) is 0 Å². The van der Waals surface area contributed by atoms with Crippen LogP contribution in [0.4, 0.5) is 5.82 Å². The Balaban J connectivity index is 1.69. The van der Waals surface area contributed by atoms with Gasteiger partial charge in [0.15, 0.2) is 0 Å². The first-order valence-corrected chi connectivity index (χ1v) is 9.37. The summed E-state index contributed by atoms with van der Waals surface area (Å²) in [6.45, 7) is 1.53. The van der Waals surface area contributed by atoms with Gasteiger partial charge < -0.3 is 19.9 Å². The molecule has 0 fully saturated rings. The molecule has 0 bridgehead atoms. The number of carbonyl (C=O) groups excluding carboxylic acids is 1. The Morgan fingerprint density at radius 3 is 2.69 bits per heavy atom. The molecule has 7 heteroatoms. The smallest absolute Gasteiger partial charge is 0.337 e.